The van der Waals surface area contributed by atoms with Crippen LogP contribution < -0.4 is 5.59 Å². The summed E-state index contributed by atoms with van der Waals surface area (Å²) in [5.74, 6) is 0.379. The van der Waals surface area contributed by atoms with Gasteiger partial charge in [-0.05, 0) is 33.6 Å². The highest BCUT2D eigenvalue weighted by atomic mass is 16.7. The fraction of sp³-hybridized carbons (Fsp3) is 0.692. The van der Waals surface area contributed by atoms with E-state index in [0.717, 1.165) is 11.3 Å². The zero-order valence-corrected chi connectivity index (χ0v) is 12.0. The molecule has 18 heavy (non-hydrogen) atoms. The summed E-state index contributed by atoms with van der Waals surface area (Å²) in [6.07, 6.45) is 3.54. The van der Waals surface area contributed by atoms with Crippen LogP contribution in [0.3, 0.4) is 0 Å². The maximum Gasteiger partial charge on any atom is 0.516 e. The summed E-state index contributed by atoms with van der Waals surface area (Å²) in [6.45, 7) is 12.3. The summed E-state index contributed by atoms with van der Waals surface area (Å²) in [6, 6.07) is 0. The molecule has 1 aliphatic rings. The van der Waals surface area contributed by atoms with Gasteiger partial charge in [0.25, 0.3) is 0 Å². The maximum atomic E-state index is 5.93. The van der Waals surface area contributed by atoms with Gasteiger partial charge < -0.3 is 9.31 Å². The first-order chi connectivity index (χ1) is 8.23. The quantitative estimate of drug-likeness (QED) is 0.750. The fourth-order valence-electron chi connectivity index (χ4n) is 1.73. The van der Waals surface area contributed by atoms with Gasteiger partial charge in [-0.2, -0.15) is 0 Å². The van der Waals surface area contributed by atoms with Gasteiger partial charge in [0.15, 0.2) is 0 Å². The number of hydrogen-bond acceptors (Lipinski definition) is 4. The van der Waals surface area contributed by atoms with Crippen LogP contribution in [0.1, 0.15) is 53.2 Å². The molecule has 5 heteroatoms. The van der Waals surface area contributed by atoms with Gasteiger partial charge in [0, 0.05) is 12.4 Å². The van der Waals surface area contributed by atoms with Crippen molar-refractivity contribution >= 4 is 12.7 Å². The van der Waals surface area contributed by atoms with Gasteiger partial charge >= 0.3 is 7.12 Å². The normalized spacial score (nSPS) is 21.6. The summed E-state index contributed by atoms with van der Waals surface area (Å²) >= 11 is 0. The summed E-state index contributed by atoms with van der Waals surface area (Å²) in [5, 5.41) is 0. The van der Waals surface area contributed by atoms with Crippen LogP contribution in [0.25, 0.3) is 0 Å². The zero-order chi connectivity index (χ0) is 13.6. The van der Waals surface area contributed by atoms with Crippen molar-refractivity contribution in [1.82, 2.24) is 9.97 Å². The second kappa shape index (κ2) is 4.32. The van der Waals surface area contributed by atoms with Crippen LogP contribution in [0.2, 0.25) is 0 Å². The number of nitrogens with zero attached hydrogens (tertiary/aromatic N) is 2. The molecular formula is C13H21BN2O2. The molecule has 1 fully saturated rings. The fourth-order valence-corrected chi connectivity index (χ4v) is 1.73. The molecule has 1 saturated heterocycles. The van der Waals surface area contributed by atoms with Crippen molar-refractivity contribution in [2.24, 2.45) is 0 Å². The molecule has 1 aromatic heterocycles. The van der Waals surface area contributed by atoms with E-state index in [9.17, 15) is 0 Å². The van der Waals surface area contributed by atoms with Crippen LogP contribution in [-0.2, 0) is 9.31 Å². The Hall–Kier alpha value is -0.935. The lowest BCUT2D eigenvalue weighted by Gasteiger charge is -2.32. The average Bonchev–Trinajstić information content (AvgIpc) is 2.48. The Morgan fingerprint density at radius 1 is 1.00 bits per heavy atom. The van der Waals surface area contributed by atoms with E-state index in [4.69, 9.17) is 9.31 Å². The van der Waals surface area contributed by atoms with Crippen LogP contribution in [0.15, 0.2) is 12.4 Å². The Labute approximate surface area is 109 Å². The van der Waals surface area contributed by atoms with Crippen molar-refractivity contribution in [2.45, 2.75) is 58.7 Å². The van der Waals surface area contributed by atoms with E-state index >= 15 is 0 Å². The topological polar surface area (TPSA) is 44.2 Å². The molecule has 0 unspecified atom stereocenters. The van der Waals surface area contributed by atoms with E-state index in [-0.39, 0.29) is 11.2 Å². The first-order valence-corrected chi connectivity index (χ1v) is 6.40. The Balaban J connectivity index is 2.19. The Morgan fingerprint density at radius 3 is 1.94 bits per heavy atom. The summed E-state index contributed by atoms with van der Waals surface area (Å²) in [4.78, 5) is 8.80. The molecule has 1 aliphatic heterocycles. The Kier molecular flexibility index (Phi) is 3.24. The molecule has 0 aromatic carbocycles. The van der Waals surface area contributed by atoms with Crippen LogP contribution in [0.5, 0.6) is 0 Å². The van der Waals surface area contributed by atoms with Crippen molar-refractivity contribution in [3.63, 3.8) is 0 Å². The SMILES string of the molecule is CC(C)c1cnc(B2OC(C)(C)C(C)(C)O2)cn1. The summed E-state index contributed by atoms with van der Waals surface area (Å²) in [7, 11) is -0.427. The van der Waals surface area contributed by atoms with Crippen LogP contribution in [-0.4, -0.2) is 28.3 Å². The third-order valence-corrected chi connectivity index (χ3v) is 3.78. The van der Waals surface area contributed by atoms with Crippen LogP contribution >= 0.6 is 0 Å². The highest BCUT2D eigenvalue weighted by Crippen LogP contribution is 2.36. The number of hydrogen-bond donors (Lipinski definition) is 0. The van der Waals surface area contributed by atoms with Gasteiger partial charge in [-0.3, -0.25) is 9.97 Å². The molecule has 1 aromatic rings. The second-order valence-corrected chi connectivity index (χ2v) is 6.11. The van der Waals surface area contributed by atoms with Crippen molar-refractivity contribution in [3.05, 3.63) is 18.1 Å². The number of aromatic nitrogens is 2. The summed E-state index contributed by atoms with van der Waals surface area (Å²) in [5.41, 5.74) is 1.04. The minimum Gasteiger partial charge on any atom is -0.398 e. The van der Waals surface area contributed by atoms with E-state index in [1.807, 2.05) is 27.7 Å². The van der Waals surface area contributed by atoms with E-state index in [1.165, 1.54) is 0 Å². The minimum absolute atomic E-state index is 0.337. The second-order valence-electron chi connectivity index (χ2n) is 6.11. The monoisotopic (exact) mass is 248 g/mol. The van der Waals surface area contributed by atoms with Gasteiger partial charge in [-0.25, -0.2) is 0 Å². The van der Waals surface area contributed by atoms with Gasteiger partial charge in [0.2, 0.25) is 0 Å². The smallest absolute Gasteiger partial charge is 0.398 e. The molecule has 0 bridgehead atoms. The van der Waals surface area contributed by atoms with Crippen LogP contribution in [0.4, 0.5) is 0 Å². The minimum atomic E-state index is -0.427. The highest BCUT2D eigenvalue weighted by Gasteiger charge is 2.52. The van der Waals surface area contributed by atoms with Crippen molar-refractivity contribution < 1.29 is 9.31 Å². The lowest BCUT2D eigenvalue weighted by molar-refractivity contribution is 0.00578. The molecule has 0 saturated carbocycles. The highest BCUT2D eigenvalue weighted by molar-refractivity contribution is 6.61. The van der Waals surface area contributed by atoms with Crippen molar-refractivity contribution in [2.75, 3.05) is 0 Å². The van der Waals surface area contributed by atoms with Crippen molar-refractivity contribution in [3.8, 4) is 0 Å². The zero-order valence-electron chi connectivity index (χ0n) is 12.0. The molecule has 0 N–H and O–H groups in total. The molecule has 2 rings (SSSR count). The maximum absolute atomic E-state index is 5.93. The molecule has 0 amide bonds. The van der Waals surface area contributed by atoms with E-state index in [0.29, 0.717) is 5.92 Å². The molecule has 2 heterocycles. The predicted molar refractivity (Wildman–Crippen MR) is 71.8 cm³/mol. The molecule has 0 atom stereocenters. The molecule has 4 nitrogen and oxygen atoms in total. The van der Waals surface area contributed by atoms with E-state index in [1.54, 1.807) is 12.4 Å². The van der Waals surface area contributed by atoms with Gasteiger partial charge in [-0.15, -0.1) is 0 Å². The average molecular weight is 248 g/mol. The molecule has 98 valence electrons. The first-order valence-electron chi connectivity index (χ1n) is 6.40. The standard InChI is InChI=1S/C13H21BN2O2/c1-9(2)10-7-16-11(8-15-10)14-17-12(3,4)13(5,6)18-14/h7-9H,1-6H3. The third kappa shape index (κ3) is 2.29. The van der Waals surface area contributed by atoms with Gasteiger partial charge in [-0.1, -0.05) is 13.8 Å². The van der Waals surface area contributed by atoms with Gasteiger partial charge in [0.05, 0.1) is 22.5 Å². The Morgan fingerprint density at radius 2 is 1.56 bits per heavy atom. The van der Waals surface area contributed by atoms with Crippen LogP contribution in [0, 0.1) is 0 Å². The summed E-state index contributed by atoms with van der Waals surface area (Å²) < 4.78 is 11.9. The molecule has 0 radical (unpaired) electrons. The number of rotatable bonds is 2. The molecule has 0 aliphatic carbocycles. The lowest BCUT2D eigenvalue weighted by Crippen LogP contribution is -2.41. The predicted octanol–water partition coefficient (Wildman–Crippen LogP) is 1.90. The third-order valence-electron chi connectivity index (χ3n) is 3.78. The first kappa shape index (κ1) is 13.5. The molecule has 0 spiro atoms. The van der Waals surface area contributed by atoms with E-state index < -0.39 is 7.12 Å². The van der Waals surface area contributed by atoms with Crippen molar-refractivity contribution in [1.29, 1.82) is 0 Å². The lowest BCUT2D eigenvalue weighted by atomic mass is 9.85. The largest absolute Gasteiger partial charge is 0.516 e. The van der Waals surface area contributed by atoms with E-state index in [2.05, 4.69) is 23.8 Å². The Bertz CT molecular complexity index is 413. The molecular weight excluding hydrogens is 227 g/mol. The van der Waals surface area contributed by atoms with Gasteiger partial charge in [0.1, 0.15) is 0 Å².